The van der Waals surface area contributed by atoms with Gasteiger partial charge in [-0.1, -0.05) is 11.8 Å². The van der Waals surface area contributed by atoms with Crippen LogP contribution in [-0.2, 0) is 108 Å². The topological polar surface area (TPSA) is 201 Å². The minimum Gasteiger partial charge on any atom is -0.394 e. The van der Waals surface area contributed by atoms with Crippen LogP contribution >= 0.6 is 11.8 Å². The predicted octanol–water partition coefficient (Wildman–Crippen LogP) is -4.14. The molecule has 14 nitrogen and oxygen atoms in total. The molecule has 4 heterocycles. The molecule has 3 radical (unpaired) electrons. The largest absolute Gasteiger partial charge is 0.394 e. The summed E-state index contributed by atoms with van der Waals surface area (Å²) in [4.78, 5) is 0. The third kappa shape index (κ3) is 6.97. The Bertz CT molecular complexity index is 764. The van der Waals surface area contributed by atoms with E-state index >= 15 is 0 Å². The van der Waals surface area contributed by atoms with Gasteiger partial charge in [-0.2, -0.15) is 0 Å². The van der Waals surface area contributed by atoms with Crippen LogP contribution in [0.25, 0.3) is 0 Å². The van der Waals surface area contributed by atoms with Crippen molar-refractivity contribution in [2.75, 3.05) is 13.2 Å². The van der Waals surface area contributed by atoms with Gasteiger partial charge < -0.3 is 62.7 Å². The first-order valence-corrected chi connectivity index (χ1v) is 10.4. The van der Waals surface area contributed by atoms with Crippen molar-refractivity contribution in [1.82, 2.24) is 30.0 Å². The summed E-state index contributed by atoms with van der Waals surface area (Å²) < 4.78 is 13.7. The molecule has 0 spiro atoms. The van der Waals surface area contributed by atoms with Gasteiger partial charge in [0.15, 0.2) is 0 Å². The molecule has 5 unspecified atom stereocenters. The molecule has 2 aliphatic heterocycles. The van der Waals surface area contributed by atoms with Crippen molar-refractivity contribution in [3.05, 3.63) is 24.8 Å². The van der Waals surface area contributed by atoms with E-state index in [2.05, 4.69) is 33.0 Å². The Kier molecular flexibility index (Phi) is 15.1. The van der Waals surface area contributed by atoms with Gasteiger partial charge in [-0.25, -0.2) is 0 Å². The second-order valence-electron chi connectivity index (χ2n) is 7.19. The van der Waals surface area contributed by atoms with Crippen LogP contribution in [0.4, 0.5) is 0 Å². The van der Waals surface area contributed by atoms with Gasteiger partial charge in [0.1, 0.15) is 59.6 Å². The van der Waals surface area contributed by atoms with E-state index < -0.39 is 72.8 Å². The minimum absolute atomic E-state index is 0. The molecule has 6 N–H and O–H groups in total. The van der Waals surface area contributed by atoms with Gasteiger partial charge in [0.25, 0.3) is 0 Å². The molecule has 181 valence electrons. The summed E-state index contributed by atoms with van der Waals surface area (Å²) in [6.07, 6.45) is 0.221. The van der Waals surface area contributed by atoms with Crippen molar-refractivity contribution in [3.8, 4) is 0 Å². The summed E-state index contributed by atoms with van der Waals surface area (Å²) in [6, 6.07) is -2.02. The second-order valence-corrected chi connectivity index (χ2v) is 8.39. The summed E-state index contributed by atoms with van der Waals surface area (Å²) in [6.45, 7) is -1.08. The van der Waals surface area contributed by atoms with Gasteiger partial charge in [0.05, 0.1) is 13.2 Å². The molecule has 4 rings (SSSR count). The van der Waals surface area contributed by atoms with Crippen molar-refractivity contribution >= 4 is 11.8 Å². The van der Waals surface area contributed by atoms with Crippen molar-refractivity contribution in [1.29, 1.82) is 0 Å². The first kappa shape index (κ1) is 33.6. The molecule has 0 amide bonds. The van der Waals surface area contributed by atoms with Crippen molar-refractivity contribution in [2.24, 2.45) is 0 Å². The standard InChI is InChI=1S/C16H22N6O8S.3Y/c23-5-7-11(25)9(21-3-1-17-19-21)13(27)15(29-7)31-16-14(28)10(22-4-2-18-20-22)12(26)8(6-24)30-16;;;/h3-4,7-16,23-28H,5-6H2;;;/q-2;;;/t7-,8?,9?,10+,11?,12+,13-,14?,15?,16+;;;/m1.../s1. The molecule has 2 aromatic heterocycles. The number of hydrogen-bond acceptors (Lipinski definition) is 13. The number of aliphatic hydroxyl groups excluding tert-OH is 6. The molecule has 10 atom stereocenters. The van der Waals surface area contributed by atoms with Gasteiger partial charge in [0.2, 0.25) is 0 Å². The van der Waals surface area contributed by atoms with Crippen LogP contribution in [0.2, 0.25) is 0 Å². The molecule has 2 aliphatic rings. The van der Waals surface area contributed by atoms with Crippen LogP contribution in [0.15, 0.2) is 12.4 Å². The molecular weight excluding hydrogens is 703 g/mol. The smallest absolute Gasteiger partial charge is 0.134 e. The quantitative estimate of drug-likeness (QED) is 0.157. The molecule has 34 heavy (non-hydrogen) atoms. The van der Waals surface area contributed by atoms with E-state index in [1.54, 1.807) is 0 Å². The van der Waals surface area contributed by atoms with Gasteiger partial charge in [0, 0.05) is 98.1 Å². The third-order valence-corrected chi connectivity index (χ3v) is 6.68. The summed E-state index contributed by atoms with van der Waals surface area (Å²) in [7, 11) is 0. The fourth-order valence-corrected chi connectivity index (χ4v) is 5.11. The van der Waals surface area contributed by atoms with Crippen LogP contribution in [0.1, 0.15) is 12.1 Å². The van der Waals surface area contributed by atoms with Crippen molar-refractivity contribution < 1.29 is 138 Å². The normalized spacial score (nSPS) is 37.7. The number of rotatable bonds is 6. The summed E-state index contributed by atoms with van der Waals surface area (Å²) in [5.74, 6) is 0. The molecule has 0 bridgehead atoms. The Balaban J connectivity index is 0.00000193. The van der Waals surface area contributed by atoms with Crippen LogP contribution in [0, 0.1) is 12.4 Å². The number of aliphatic hydroxyl groups is 6. The predicted molar refractivity (Wildman–Crippen MR) is 98.9 cm³/mol. The number of ether oxygens (including phenoxy) is 2. The molecule has 0 aliphatic carbocycles. The SMILES string of the molecule is OCC1O[C@@H](SC2O[C@H](CO)C(O)C(n3c[c-]nn3)[C@H]2O)C(O)[C@@H](n2c[c-]nn2)[C@H]1O.[Y].[Y].[Y]. The Hall–Kier alpha value is 1.62. The fourth-order valence-electron chi connectivity index (χ4n) is 3.79. The van der Waals surface area contributed by atoms with E-state index in [-0.39, 0.29) is 98.1 Å². The molecule has 2 aromatic rings. The first-order valence-electron chi connectivity index (χ1n) is 9.42. The monoisotopic (exact) mass is 725 g/mol. The first-order chi connectivity index (χ1) is 15.0. The fraction of sp³-hybridized carbons (Fsp3) is 0.750. The zero-order chi connectivity index (χ0) is 22.1. The van der Waals surface area contributed by atoms with Crippen LogP contribution in [0.3, 0.4) is 0 Å². The van der Waals surface area contributed by atoms with Gasteiger partial charge in [-0.05, 0) is 0 Å². The van der Waals surface area contributed by atoms with Crippen LogP contribution < -0.4 is 0 Å². The van der Waals surface area contributed by atoms with Crippen molar-refractivity contribution in [2.45, 2.75) is 59.6 Å². The molecule has 18 heteroatoms. The molecule has 0 aromatic carbocycles. The average molecular weight is 725 g/mol. The number of nitrogens with zero attached hydrogens (tertiary/aromatic N) is 6. The van der Waals surface area contributed by atoms with Crippen molar-refractivity contribution in [3.63, 3.8) is 0 Å². The van der Waals surface area contributed by atoms with E-state index in [0.717, 1.165) is 11.8 Å². The van der Waals surface area contributed by atoms with Crippen LogP contribution in [0.5, 0.6) is 0 Å². The second kappa shape index (κ2) is 15.3. The third-order valence-electron chi connectivity index (χ3n) is 5.37. The summed E-state index contributed by atoms with van der Waals surface area (Å²) in [5, 5.41) is 76.6. The summed E-state index contributed by atoms with van der Waals surface area (Å²) in [5.41, 5.74) is -2.15. The Morgan fingerprint density at radius 3 is 1.38 bits per heavy atom. The van der Waals surface area contributed by atoms with E-state index in [9.17, 15) is 30.6 Å². The maximum absolute atomic E-state index is 10.9. The van der Waals surface area contributed by atoms with Gasteiger partial charge >= 0.3 is 0 Å². The van der Waals surface area contributed by atoms with Gasteiger partial charge in [-0.3, -0.25) is 9.36 Å². The molecule has 2 saturated heterocycles. The summed E-state index contributed by atoms with van der Waals surface area (Å²) >= 11 is 0.870. The number of hydrogen-bond donors (Lipinski definition) is 6. The Morgan fingerprint density at radius 1 is 0.706 bits per heavy atom. The zero-order valence-corrected chi connectivity index (χ0v) is 27.0. The van der Waals surface area contributed by atoms with E-state index in [4.69, 9.17) is 9.47 Å². The zero-order valence-electron chi connectivity index (χ0n) is 17.7. The maximum atomic E-state index is 10.9. The minimum atomic E-state index is -1.34. The Morgan fingerprint density at radius 2 is 1.09 bits per heavy atom. The maximum Gasteiger partial charge on any atom is 0.134 e. The average Bonchev–Trinajstić information content (AvgIpc) is 3.47. The molecule has 0 saturated carbocycles. The molecular formula is C16H22N6O8SY3-2. The van der Waals surface area contributed by atoms with Gasteiger partial charge in [-0.15, -0.1) is 22.8 Å². The van der Waals surface area contributed by atoms with E-state index in [1.807, 2.05) is 0 Å². The number of thioether (sulfide) groups is 1. The molecule has 2 fully saturated rings. The Labute approximate surface area is 274 Å². The van der Waals surface area contributed by atoms with E-state index in [0.29, 0.717) is 0 Å². The number of aromatic nitrogens is 6. The van der Waals surface area contributed by atoms with E-state index in [1.165, 1.54) is 21.8 Å². The van der Waals surface area contributed by atoms with Crippen LogP contribution in [-0.4, -0.2) is 121 Å².